The van der Waals surface area contributed by atoms with E-state index in [1.165, 1.54) is 0 Å². The highest BCUT2D eigenvalue weighted by atomic mass is 16.2. The van der Waals surface area contributed by atoms with Crippen molar-refractivity contribution in [3.8, 4) is 0 Å². The molecular formula is C13H24N2O. The quantitative estimate of drug-likeness (QED) is 0.739. The topological polar surface area (TPSA) is 32.3 Å². The van der Waals surface area contributed by atoms with Crippen LogP contribution in [0.3, 0.4) is 0 Å². The number of carbonyl (C=O) groups is 1. The smallest absolute Gasteiger partial charge is 0.226 e. The first-order chi connectivity index (χ1) is 7.56. The first kappa shape index (κ1) is 13.2. The Morgan fingerprint density at radius 3 is 2.81 bits per heavy atom. The van der Waals surface area contributed by atoms with Gasteiger partial charge in [-0.25, -0.2) is 0 Å². The highest BCUT2D eigenvalue weighted by Gasteiger charge is 2.28. The van der Waals surface area contributed by atoms with E-state index in [0.717, 1.165) is 19.4 Å². The molecule has 0 spiro atoms. The molecule has 0 aromatic heterocycles. The minimum atomic E-state index is 0.193. The molecule has 1 aliphatic heterocycles. The lowest BCUT2D eigenvalue weighted by molar-refractivity contribution is -0.137. The average molecular weight is 224 g/mol. The Morgan fingerprint density at radius 2 is 2.31 bits per heavy atom. The van der Waals surface area contributed by atoms with E-state index in [-0.39, 0.29) is 12.0 Å². The van der Waals surface area contributed by atoms with Crippen molar-refractivity contribution in [3.05, 3.63) is 12.7 Å². The predicted molar refractivity (Wildman–Crippen MR) is 67.2 cm³/mol. The lowest BCUT2D eigenvalue weighted by Gasteiger charge is -2.33. The molecule has 1 aliphatic rings. The Bertz CT molecular complexity index is 250. The van der Waals surface area contributed by atoms with E-state index in [9.17, 15) is 4.79 Å². The van der Waals surface area contributed by atoms with E-state index in [4.69, 9.17) is 0 Å². The molecule has 3 heteroatoms. The standard InChI is InChI=1S/C13H24N2O/c1-5-8-15(10(2)3)13(16)12-6-7-14-11(4)9-12/h5,10-12,14H,1,6-9H2,2-4H3. The van der Waals surface area contributed by atoms with Crippen LogP contribution >= 0.6 is 0 Å². The molecule has 0 aliphatic carbocycles. The van der Waals surface area contributed by atoms with Gasteiger partial charge in [-0.3, -0.25) is 4.79 Å². The Kier molecular flexibility index (Phi) is 5.00. The van der Waals surface area contributed by atoms with E-state index in [1.807, 2.05) is 11.0 Å². The van der Waals surface area contributed by atoms with Gasteiger partial charge in [0.25, 0.3) is 0 Å². The van der Waals surface area contributed by atoms with Gasteiger partial charge in [0, 0.05) is 24.5 Å². The van der Waals surface area contributed by atoms with Crippen LogP contribution in [0.4, 0.5) is 0 Å². The monoisotopic (exact) mass is 224 g/mol. The maximum Gasteiger partial charge on any atom is 0.226 e. The number of nitrogens with one attached hydrogen (secondary N) is 1. The van der Waals surface area contributed by atoms with E-state index < -0.39 is 0 Å². The maximum atomic E-state index is 12.3. The summed E-state index contributed by atoms with van der Waals surface area (Å²) in [4.78, 5) is 14.3. The highest BCUT2D eigenvalue weighted by Crippen LogP contribution is 2.19. The fraction of sp³-hybridized carbons (Fsp3) is 0.769. The average Bonchev–Trinajstić information content (AvgIpc) is 2.24. The largest absolute Gasteiger partial charge is 0.336 e. The van der Waals surface area contributed by atoms with Crippen LogP contribution in [0.15, 0.2) is 12.7 Å². The van der Waals surface area contributed by atoms with E-state index in [0.29, 0.717) is 18.5 Å². The second kappa shape index (κ2) is 6.04. The van der Waals surface area contributed by atoms with Gasteiger partial charge in [0.15, 0.2) is 0 Å². The van der Waals surface area contributed by atoms with Crippen molar-refractivity contribution in [2.45, 2.75) is 45.7 Å². The van der Waals surface area contributed by atoms with E-state index in [2.05, 4.69) is 32.7 Å². The molecule has 0 aromatic rings. The van der Waals surface area contributed by atoms with Crippen LogP contribution in [0.1, 0.15) is 33.6 Å². The Morgan fingerprint density at radius 1 is 1.62 bits per heavy atom. The summed E-state index contributed by atoms with van der Waals surface area (Å²) in [5.41, 5.74) is 0. The highest BCUT2D eigenvalue weighted by molar-refractivity contribution is 5.79. The van der Waals surface area contributed by atoms with Crippen LogP contribution in [0.25, 0.3) is 0 Å². The molecule has 1 fully saturated rings. The molecule has 1 saturated heterocycles. The van der Waals surface area contributed by atoms with Gasteiger partial charge >= 0.3 is 0 Å². The molecule has 16 heavy (non-hydrogen) atoms. The van der Waals surface area contributed by atoms with Crippen LogP contribution < -0.4 is 5.32 Å². The minimum absolute atomic E-state index is 0.193. The molecule has 3 nitrogen and oxygen atoms in total. The van der Waals surface area contributed by atoms with Gasteiger partial charge in [-0.1, -0.05) is 6.08 Å². The SMILES string of the molecule is C=CCN(C(=O)C1CCNC(C)C1)C(C)C. The van der Waals surface area contributed by atoms with Crippen molar-refractivity contribution in [2.24, 2.45) is 5.92 Å². The summed E-state index contributed by atoms with van der Waals surface area (Å²) in [6, 6.07) is 0.719. The number of carbonyl (C=O) groups excluding carboxylic acids is 1. The number of rotatable bonds is 4. The summed E-state index contributed by atoms with van der Waals surface area (Å²) in [6.07, 6.45) is 3.73. The summed E-state index contributed by atoms with van der Waals surface area (Å²) in [6.45, 7) is 11.6. The normalized spacial score (nSPS) is 25.5. The minimum Gasteiger partial charge on any atom is -0.336 e. The molecule has 1 N–H and O–H groups in total. The number of nitrogens with zero attached hydrogens (tertiary/aromatic N) is 1. The molecule has 0 aromatic carbocycles. The van der Waals surface area contributed by atoms with Crippen molar-refractivity contribution in [1.82, 2.24) is 10.2 Å². The summed E-state index contributed by atoms with van der Waals surface area (Å²) in [5.74, 6) is 0.488. The first-order valence-electron chi connectivity index (χ1n) is 6.21. The molecule has 0 bridgehead atoms. The molecule has 1 heterocycles. The van der Waals surface area contributed by atoms with Crippen LogP contribution in [-0.2, 0) is 4.79 Å². The van der Waals surface area contributed by atoms with Gasteiger partial charge in [-0.2, -0.15) is 0 Å². The fourth-order valence-electron chi connectivity index (χ4n) is 2.29. The zero-order valence-electron chi connectivity index (χ0n) is 10.7. The second-order valence-corrected chi connectivity index (χ2v) is 4.95. The summed E-state index contributed by atoms with van der Waals surface area (Å²) in [5, 5.41) is 3.38. The van der Waals surface area contributed by atoms with Gasteiger partial charge in [-0.05, 0) is 40.2 Å². The van der Waals surface area contributed by atoms with Gasteiger partial charge in [0.1, 0.15) is 0 Å². The molecule has 0 radical (unpaired) electrons. The second-order valence-electron chi connectivity index (χ2n) is 4.95. The van der Waals surface area contributed by atoms with Crippen LogP contribution in [0.2, 0.25) is 0 Å². The number of hydrogen-bond donors (Lipinski definition) is 1. The lowest BCUT2D eigenvalue weighted by Crippen LogP contribution is -2.46. The van der Waals surface area contributed by atoms with Gasteiger partial charge in [-0.15, -0.1) is 6.58 Å². The van der Waals surface area contributed by atoms with Gasteiger partial charge < -0.3 is 10.2 Å². The first-order valence-corrected chi connectivity index (χ1v) is 6.21. The number of piperidine rings is 1. The Hall–Kier alpha value is -0.830. The number of amides is 1. The van der Waals surface area contributed by atoms with Gasteiger partial charge in [0.05, 0.1) is 0 Å². The van der Waals surface area contributed by atoms with E-state index >= 15 is 0 Å². The lowest BCUT2D eigenvalue weighted by atomic mass is 9.91. The Labute approximate surface area is 98.9 Å². The van der Waals surface area contributed by atoms with Crippen molar-refractivity contribution >= 4 is 5.91 Å². The van der Waals surface area contributed by atoms with Crippen LogP contribution in [0, 0.1) is 5.92 Å². The summed E-state index contributed by atoms with van der Waals surface area (Å²) in [7, 11) is 0. The summed E-state index contributed by atoms with van der Waals surface area (Å²) < 4.78 is 0. The van der Waals surface area contributed by atoms with Crippen molar-refractivity contribution in [3.63, 3.8) is 0 Å². The van der Waals surface area contributed by atoms with Gasteiger partial charge in [0.2, 0.25) is 5.91 Å². The van der Waals surface area contributed by atoms with Crippen molar-refractivity contribution in [2.75, 3.05) is 13.1 Å². The molecular weight excluding hydrogens is 200 g/mol. The molecule has 92 valence electrons. The van der Waals surface area contributed by atoms with Crippen molar-refractivity contribution < 1.29 is 4.79 Å². The zero-order chi connectivity index (χ0) is 12.1. The van der Waals surface area contributed by atoms with Crippen LogP contribution in [-0.4, -0.2) is 36.0 Å². The fourth-order valence-corrected chi connectivity index (χ4v) is 2.29. The number of hydrogen-bond acceptors (Lipinski definition) is 2. The van der Waals surface area contributed by atoms with E-state index in [1.54, 1.807) is 0 Å². The zero-order valence-corrected chi connectivity index (χ0v) is 10.7. The molecule has 0 saturated carbocycles. The third-order valence-corrected chi connectivity index (χ3v) is 3.21. The predicted octanol–water partition coefficient (Wildman–Crippen LogP) is 1.80. The van der Waals surface area contributed by atoms with Crippen LogP contribution in [0.5, 0.6) is 0 Å². The molecule has 2 unspecified atom stereocenters. The molecule has 1 rings (SSSR count). The third kappa shape index (κ3) is 3.34. The molecule has 1 amide bonds. The molecule has 2 atom stereocenters. The third-order valence-electron chi connectivity index (χ3n) is 3.21. The summed E-state index contributed by atoms with van der Waals surface area (Å²) >= 11 is 0. The van der Waals surface area contributed by atoms with Crippen molar-refractivity contribution in [1.29, 1.82) is 0 Å². The maximum absolute atomic E-state index is 12.3. The Balaban J connectivity index is 2.62.